The van der Waals surface area contributed by atoms with Gasteiger partial charge in [0, 0.05) is 12.8 Å². The van der Waals surface area contributed by atoms with Crippen LogP contribution in [-0.2, 0) is 14.3 Å². The fourth-order valence-electron chi connectivity index (χ4n) is 11.6. The first-order valence-electron chi connectivity index (χ1n) is 35.9. The molecule has 78 heavy (non-hydrogen) atoms. The summed E-state index contributed by atoms with van der Waals surface area (Å²) in [5.74, 6) is -0.0139. The van der Waals surface area contributed by atoms with Crippen LogP contribution in [0.4, 0.5) is 0 Å². The minimum Gasteiger partial charge on any atom is -0.466 e. The van der Waals surface area contributed by atoms with Gasteiger partial charge in [-0.25, -0.2) is 0 Å². The number of nitrogens with one attached hydrogen (secondary N) is 1. The summed E-state index contributed by atoms with van der Waals surface area (Å²) in [4.78, 5) is 24.6. The molecule has 6 heteroatoms. The fraction of sp³-hybridized carbons (Fsp3) is 0.944. The maximum Gasteiger partial charge on any atom is 0.305 e. The Bertz CT molecular complexity index is 1180. The lowest BCUT2D eigenvalue weighted by atomic mass is 10.0. The van der Waals surface area contributed by atoms with Gasteiger partial charge in [-0.2, -0.15) is 0 Å². The molecule has 464 valence electrons. The SMILES string of the molecule is CCCCCC/C=C\CCCCCCCC(=O)OCCCCCCCCCCCCCCCCCCCCCCCCCCCCCCCCCCC(=O)NC(CO)C(O)CCCCCCCCCCCCCCCCCC. The van der Waals surface area contributed by atoms with E-state index in [-0.39, 0.29) is 18.5 Å². The van der Waals surface area contributed by atoms with Gasteiger partial charge in [0.25, 0.3) is 0 Å². The second kappa shape index (κ2) is 68.1. The summed E-state index contributed by atoms with van der Waals surface area (Å²) >= 11 is 0. The molecule has 0 saturated heterocycles. The van der Waals surface area contributed by atoms with Crippen molar-refractivity contribution < 1.29 is 24.5 Å². The van der Waals surface area contributed by atoms with E-state index in [1.807, 2.05) is 0 Å². The monoisotopic (exact) mass is 1100 g/mol. The van der Waals surface area contributed by atoms with E-state index in [4.69, 9.17) is 4.74 Å². The lowest BCUT2D eigenvalue weighted by molar-refractivity contribution is -0.143. The summed E-state index contributed by atoms with van der Waals surface area (Å²) in [6.45, 7) is 4.98. The Kier molecular flexibility index (Phi) is 66.9. The highest BCUT2D eigenvalue weighted by atomic mass is 16.5. The molecule has 6 nitrogen and oxygen atoms in total. The Morgan fingerprint density at radius 3 is 0.923 bits per heavy atom. The standard InChI is InChI=1S/C72H141NO5/c1-3-5-7-9-11-13-15-17-18-37-41-44-48-52-56-60-64-70(75)69(68-74)73-71(76)65-61-57-53-49-45-42-38-35-33-31-29-27-25-23-21-19-20-22-24-26-28-30-32-34-36-39-43-47-51-55-59-63-67-78-72(77)66-62-58-54-50-46-40-16-14-12-10-8-6-4-2/h14,16,69-70,74-75H,3-13,15,17-68H2,1-2H3,(H,73,76)/b16-14-. The Morgan fingerprint density at radius 1 is 0.346 bits per heavy atom. The molecule has 0 aromatic rings. The van der Waals surface area contributed by atoms with E-state index in [9.17, 15) is 19.8 Å². The van der Waals surface area contributed by atoms with Gasteiger partial charge in [0.05, 0.1) is 25.4 Å². The largest absolute Gasteiger partial charge is 0.466 e. The van der Waals surface area contributed by atoms with Gasteiger partial charge in [-0.1, -0.05) is 360 Å². The predicted molar refractivity (Wildman–Crippen MR) is 343 cm³/mol. The van der Waals surface area contributed by atoms with Crippen LogP contribution in [-0.4, -0.2) is 47.4 Å². The van der Waals surface area contributed by atoms with Crippen LogP contribution in [0.5, 0.6) is 0 Å². The molecule has 0 aliphatic rings. The first kappa shape index (κ1) is 76.6. The molecule has 1 amide bonds. The van der Waals surface area contributed by atoms with Crippen molar-refractivity contribution in [2.75, 3.05) is 13.2 Å². The fourth-order valence-corrected chi connectivity index (χ4v) is 11.6. The van der Waals surface area contributed by atoms with Crippen molar-refractivity contribution in [1.82, 2.24) is 5.32 Å². The van der Waals surface area contributed by atoms with Crippen LogP contribution in [0.1, 0.15) is 412 Å². The zero-order valence-corrected chi connectivity index (χ0v) is 53.2. The molecule has 0 aliphatic heterocycles. The van der Waals surface area contributed by atoms with Crippen LogP contribution in [0.15, 0.2) is 12.2 Å². The molecule has 0 rings (SSSR count). The minimum atomic E-state index is -0.660. The average Bonchev–Trinajstić information content (AvgIpc) is 3.44. The Morgan fingerprint density at radius 2 is 0.603 bits per heavy atom. The third-order valence-corrected chi connectivity index (χ3v) is 17.1. The maximum absolute atomic E-state index is 12.5. The van der Waals surface area contributed by atoms with Crippen molar-refractivity contribution >= 4 is 11.9 Å². The van der Waals surface area contributed by atoms with Gasteiger partial charge < -0.3 is 20.3 Å². The van der Waals surface area contributed by atoms with Gasteiger partial charge in [-0.05, 0) is 51.4 Å². The highest BCUT2D eigenvalue weighted by Crippen LogP contribution is 2.19. The van der Waals surface area contributed by atoms with Crippen molar-refractivity contribution in [3.05, 3.63) is 12.2 Å². The van der Waals surface area contributed by atoms with Crippen LogP contribution in [0.25, 0.3) is 0 Å². The molecule has 0 aromatic carbocycles. The number of amides is 1. The lowest BCUT2D eigenvalue weighted by Gasteiger charge is -2.22. The van der Waals surface area contributed by atoms with E-state index in [1.54, 1.807) is 0 Å². The summed E-state index contributed by atoms with van der Waals surface area (Å²) in [5, 5.41) is 23.4. The molecule has 0 fully saturated rings. The zero-order valence-electron chi connectivity index (χ0n) is 53.2. The van der Waals surface area contributed by atoms with Gasteiger partial charge in [-0.15, -0.1) is 0 Å². The molecule has 2 atom stereocenters. The van der Waals surface area contributed by atoms with Gasteiger partial charge >= 0.3 is 5.97 Å². The Labute approximate surface area is 489 Å². The number of aliphatic hydroxyl groups excluding tert-OH is 2. The number of ether oxygens (including phenoxy) is 1. The molecule has 0 spiro atoms. The molecule has 0 aromatic heterocycles. The van der Waals surface area contributed by atoms with Crippen molar-refractivity contribution in [1.29, 1.82) is 0 Å². The summed E-state index contributed by atoms with van der Waals surface area (Å²) in [6.07, 6.45) is 84.2. The number of hydrogen-bond donors (Lipinski definition) is 3. The first-order chi connectivity index (χ1) is 38.5. The number of rotatable bonds is 68. The molecule has 0 heterocycles. The topological polar surface area (TPSA) is 95.9 Å². The van der Waals surface area contributed by atoms with Crippen LogP contribution < -0.4 is 5.32 Å². The highest BCUT2D eigenvalue weighted by molar-refractivity contribution is 5.76. The highest BCUT2D eigenvalue weighted by Gasteiger charge is 2.20. The van der Waals surface area contributed by atoms with Gasteiger partial charge in [-0.3, -0.25) is 9.59 Å². The lowest BCUT2D eigenvalue weighted by Crippen LogP contribution is -2.45. The number of aliphatic hydroxyl groups is 2. The Hall–Kier alpha value is -1.40. The van der Waals surface area contributed by atoms with E-state index >= 15 is 0 Å². The molecule has 3 N–H and O–H groups in total. The quantitative estimate of drug-likeness (QED) is 0.0320. The summed E-state index contributed by atoms with van der Waals surface area (Å²) < 4.78 is 5.48. The molecule has 0 saturated carbocycles. The van der Waals surface area contributed by atoms with Gasteiger partial charge in [0.15, 0.2) is 0 Å². The summed E-state index contributed by atoms with van der Waals surface area (Å²) in [5.41, 5.74) is 0. The van der Waals surface area contributed by atoms with Crippen LogP contribution >= 0.6 is 0 Å². The number of esters is 1. The summed E-state index contributed by atoms with van der Waals surface area (Å²) in [7, 11) is 0. The number of unbranched alkanes of at least 4 members (excludes halogenated alkanes) is 55. The number of hydrogen-bond acceptors (Lipinski definition) is 5. The minimum absolute atomic E-state index is 0.0127. The van der Waals surface area contributed by atoms with Crippen molar-refractivity contribution in [2.45, 2.75) is 424 Å². The zero-order chi connectivity index (χ0) is 56.4. The van der Waals surface area contributed by atoms with Gasteiger partial charge in [0.2, 0.25) is 5.91 Å². The second-order valence-electron chi connectivity index (χ2n) is 24.9. The van der Waals surface area contributed by atoms with Gasteiger partial charge in [0.1, 0.15) is 0 Å². The summed E-state index contributed by atoms with van der Waals surface area (Å²) in [6, 6.07) is -0.537. The third kappa shape index (κ3) is 63.8. The normalized spacial score (nSPS) is 12.5. The third-order valence-electron chi connectivity index (χ3n) is 17.1. The van der Waals surface area contributed by atoms with E-state index in [2.05, 4.69) is 31.3 Å². The molecule has 0 radical (unpaired) electrons. The first-order valence-corrected chi connectivity index (χ1v) is 35.9. The second-order valence-corrected chi connectivity index (χ2v) is 24.9. The average molecular weight is 1100 g/mol. The molecule has 0 bridgehead atoms. The smallest absolute Gasteiger partial charge is 0.305 e. The number of carbonyl (C=O) groups excluding carboxylic acids is 2. The van der Waals surface area contributed by atoms with Crippen molar-refractivity contribution in [2.24, 2.45) is 0 Å². The molecule has 0 aliphatic carbocycles. The van der Waals surface area contributed by atoms with Crippen molar-refractivity contribution in [3.63, 3.8) is 0 Å². The van der Waals surface area contributed by atoms with Crippen LogP contribution in [0, 0.1) is 0 Å². The van der Waals surface area contributed by atoms with Crippen molar-refractivity contribution in [3.8, 4) is 0 Å². The predicted octanol–water partition coefficient (Wildman–Crippen LogP) is 23.1. The molecular weight excluding hydrogens is 959 g/mol. The maximum atomic E-state index is 12.5. The van der Waals surface area contributed by atoms with E-state index in [0.717, 1.165) is 44.9 Å². The van der Waals surface area contributed by atoms with E-state index in [0.29, 0.717) is 25.9 Å². The number of allylic oxidation sites excluding steroid dienone is 2. The van der Waals surface area contributed by atoms with Crippen LogP contribution in [0.3, 0.4) is 0 Å². The number of carbonyl (C=O) groups is 2. The van der Waals surface area contributed by atoms with E-state index in [1.165, 1.54) is 334 Å². The Balaban J connectivity index is 3.31. The molecule has 2 unspecified atom stereocenters. The molecular formula is C72H141NO5. The van der Waals surface area contributed by atoms with Crippen LogP contribution in [0.2, 0.25) is 0 Å². The van der Waals surface area contributed by atoms with E-state index < -0.39 is 12.1 Å².